The van der Waals surface area contributed by atoms with Gasteiger partial charge in [-0.2, -0.15) is 0 Å². The van der Waals surface area contributed by atoms with Gasteiger partial charge < -0.3 is 30.0 Å². The van der Waals surface area contributed by atoms with E-state index in [0.29, 0.717) is 32.1 Å². The maximum Gasteiger partial charge on any atom is 0.410 e. The van der Waals surface area contributed by atoms with E-state index in [-0.39, 0.29) is 47.8 Å². The number of hydrogen-bond donors (Lipinski definition) is 3. The summed E-state index contributed by atoms with van der Waals surface area (Å²) in [6.45, 7) is 7.59. The molecule has 0 radical (unpaired) electrons. The van der Waals surface area contributed by atoms with Crippen LogP contribution in [0.2, 0.25) is 0 Å². The summed E-state index contributed by atoms with van der Waals surface area (Å²) in [5, 5.41) is 9.08. The van der Waals surface area contributed by atoms with Crippen molar-refractivity contribution in [2.45, 2.75) is 32.4 Å². The molecule has 9 nitrogen and oxygen atoms in total. The van der Waals surface area contributed by atoms with Crippen LogP contribution in [-0.2, 0) is 4.74 Å². The normalized spacial score (nSPS) is 14.7. The van der Waals surface area contributed by atoms with E-state index in [1.54, 1.807) is 24.1 Å². The molecule has 2 rings (SSSR count). The second-order valence-electron chi connectivity index (χ2n) is 6.96. The van der Waals surface area contributed by atoms with Gasteiger partial charge in [0.15, 0.2) is 11.7 Å². The van der Waals surface area contributed by atoms with Gasteiger partial charge in [0.2, 0.25) is 0 Å². The molecule has 1 aromatic heterocycles. The number of likely N-dealkylation sites (tertiary alicyclic amines) is 1. The maximum absolute atomic E-state index is 11.9. The van der Waals surface area contributed by atoms with Crippen LogP contribution in [0.5, 0.6) is 0 Å². The van der Waals surface area contributed by atoms with E-state index in [9.17, 15) is 9.59 Å². The molecule has 1 saturated heterocycles. The third kappa shape index (κ3) is 7.65. The van der Waals surface area contributed by atoms with Gasteiger partial charge in [-0.1, -0.05) is 0 Å². The average molecular weight is 493 g/mol. The van der Waals surface area contributed by atoms with E-state index in [1.807, 2.05) is 20.8 Å². The van der Waals surface area contributed by atoms with Gasteiger partial charge in [-0.15, -0.1) is 24.0 Å². The zero-order valence-corrected chi connectivity index (χ0v) is 18.4. The molecule has 1 fully saturated rings. The number of aliphatic imine (C=N–C) groups is 1. The van der Waals surface area contributed by atoms with Crippen molar-refractivity contribution in [1.82, 2.24) is 20.9 Å². The van der Waals surface area contributed by atoms with Gasteiger partial charge in [0.1, 0.15) is 5.60 Å². The Bertz CT molecular complexity index is 636. The Morgan fingerprint density at radius 3 is 2.52 bits per heavy atom. The molecule has 2 heterocycles. The quantitative estimate of drug-likeness (QED) is 0.248. The molecule has 10 heteroatoms. The van der Waals surface area contributed by atoms with Crippen LogP contribution >= 0.6 is 24.0 Å². The molecular weight excluding hydrogens is 465 g/mol. The van der Waals surface area contributed by atoms with Crippen molar-refractivity contribution >= 4 is 41.9 Å². The third-order valence-electron chi connectivity index (χ3n) is 3.55. The molecule has 152 valence electrons. The van der Waals surface area contributed by atoms with Crippen molar-refractivity contribution in [2.24, 2.45) is 4.99 Å². The van der Waals surface area contributed by atoms with Gasteiger partial charge in [0, 0.05) is 33.2 Å². The highest BCUT2D eigenvalue weighted by atomic mass is 127. The van der Waals surface area contributed by atoms with E-state index < -0.39 is 5.60 Å². The van der Waals surface area contributed by atoms with E-state index in [2.05, 4.69) is 20.9 Å². The highest BCUT2D eigenvalue weighted by Gasteiger charge is 2.34. The van der Waals surface area contributed by atoms with Crippen LogP contribution in [0.25, 0.3) is 0 Å². The van der Waals surface area contributed by atoms with Crippen molar-refractivity contribution in [3.8, 4) is 0 Å². The summed E-state index contributed by atoms with van der Waals surface area (Å²) in [6.07, 6.45) is 1.15. The van der Waals surface area contributed by atoms with Crippen LogP contribution < -0.4 is 16.0 Å². The SMILES string of the molecule is CN=C(NCCNC(=O)c1ccco1)NC1CN(C(=O)OC(C)(C)C)C1.I. The summed E-state index contributed by atoms with van der Waals surface area (Å²) in [5.74, 6) is 0.641. The van der Waals surface area contributed by atoms with Crippen molar-refractivity contribution < 1.29 is 18.7 Å². The van der Waals surface area contributed by atoms with Gasteiger partial charge in [-0.3, -0.25) is 9.79 Å². The number of guanidine groups is 1. The molecule has 3 N–H and O–H groups in total. The number of hydrogen-bond acceptors (Lipinski definition) is 5. The predicted octanol–water partition coefficient (Wildman–Crippen LogP) is 1.41. The van der Waals surface area contributed by atoms with Crippen LogP contribution in [-0.4, -0.2) is 67.7 Å². The zero-order chi connectivity index (χ0) is 19.2. The molecule has 0 aromatic carbocycles. The Kier molecular flexibility index (Phi) is 8.86. The molecule has 0 aliphatic carbocycles. The number of furan rings is 1. The Morgan fingerprint density at radius 2 is 1.96 bits per heavy atom. The molecule has 27 heavy (non-hydrogen) atoms. The van der Waals surface area contributed by atoms with Gasteiger partial charge in [0.05, 0.1) is 12.3 Å². The molecule has 1 aliphatic heterocycles. The van der Waals surface area contributed by atoms with Crippen molar-refractivity contribution in [1.29, 1.82) is 0 Å². The van der Waals surface area contributed by atoms with Gasteiger partial charge in [-0.25, -0.2) is 4.79 Å². The van der Waals surface area contributed by atoms with Crippen LogP contribution in [0.3, 0.4) is 0 Å². The van der Waals surface area contributed by atoms with Crippen molar-refractivity contribution in [3.05, 3.63) is 24.2 Å². The largest absolute Gasteiger partial charge is 0.459 e. The number of carbonyl (C=O) groups excluding carboxylic acids is 2. The first kappa shape index (κ1) is 23.1. The maximum atomic E-state index is 11.9. The Morgan fingerprint density at radius 1 is 1.30 bits per heavy atom. The van der Waals surface area contributed by atoms with Crippen molar-refractivity contribution in [3.63, 3.8) is 0 Å². The summed E-state index contributed by atoms with van der Waals surface area (Å²) < 4.78 is 10.3. The fourth-order valence-electron chi connectivity index (χ4n) is 2.29. The minimum Gasteiger partial charge on any atom is -0.459 e. The first-order valence-corrected chi connectivity index (χ1v) is 8.55. The van der Waals surface area contributed by atoms with Gasteiger partial charge >= 0.3 is 6.09 Å². The molecule has 0 unspecified atom stereocenters. The summed E-state index contributed by atoms with van der Waals surface area (Å²) in [4.78, 5) is 29.4. The Balaban J connectivity index is 0.00000364. The predicted molar refractivity (Wildman–Crippen MR) is 113 cm³/mol. The molecule has 2 amide bonds. The number of amides is 2. The lowest BCUT2D eigenvalue weighted by atomic mass is 10.1. The molecule has 0 bridgehead atoms. The number of carbonyl (C=O) groups is 2. The van der Waals surface area contributed by atoms with Gasteiger partial charge in [0.25, 0.3) is 5.91 Å². The first-order valence-electron chi connectivity index (χ1n) is 8.55. The van der Waals surface area contributed by atoms with Crippen molar-refractivity contribution in [2.75, 3.05) is 33.2 Å². The van der Waals surface area contributed by atoms with Crippen LogP contribution in [0.15, 0.2) is 27.8 Å². The number of halogens is 1. The number of nitrogens with one attached hydrogen (secondary N) is 3. The standard InChI is InChI=1S/C17H27N5O4.HI/c1-17(2,3)26-16(24)22-10-12(11-22)21-15(18-4)20-8-7-19-14(23)13-6-5-9-25-13;/h5-6,9,12H,7-8,10-11H2,1-4H3,(H,19,23)(H2,18,20,21);1H. The fourth-order valence-corrected chi connectivity index (χ4v) is 2.29. The number of nitrogens with zero attached hydrogens (tertiary/aromatic N) is 2. The summed E-state index contributed by atoms with van der Waals surface area (Å²) in [7, 11) is 1.67. The lowest BCUT2D eigenvalue weighted by Gasteiger charge is -2.40. The van der Waals surface area contributed by atoms with E-state index in [1.165, 1.54) is 6.26 Å². The fraction of sp³-hybridized carbons (Fsp3) is 0.588. The second-order valence-corrected chi connectivity index (χ2v) is 6.96. The number of ether oxygens (including phenoxy) is 1. The van der Waals surface area contributed by atoms with E-state index in [4.69, 9.17) is 9.15 Å². The Hall–Kier alpha value is -1.98. The molecule has 1 aliphatic rings. The number of rotatable bonds is 5. The first-order chi connectivity index (χ1) is 12.3. The second kappa shape index (κ2) is 10.4. The highest BCUT2D eigenvalue weighted by molar-refractivity contribution is 14.0. The minimum absolute atomic E-state index is 0. The lowest BCUT2D eigenvalue weighted by Crippen LogP contribution is -2.63. The Labute approximate surface area is 176 Å². The van der Waals surface area contributed by atoms with Crippen LogP contribution in [0, 0.1) is 0 Å². The topological polar surface area (TPSA) is 108 Å². The zero-order valence-electron chi connectivity index (χ0n) is 16.1. The summed E-state index contributed by atoms with van der Waals surface area (Å²) in [6, 6.07) is 3.39. The van der Waals surface area contributed by atoms with Gasteiger partial charge in [-0.05, 0) is 32.9 Å². The molecular formula is C17H28IN5O4. The molecule has 0 atom stereocenters. The highest BCUT2D eigenvalue weighted by Crippen LogP contribution is 2.15. The third-order valence-corrected chi connectivity index (χ3v) is 3.55. The lowest BCUT2D eigenvalue weighted by molar-refractivity contribution is 0.00701. The van der Waals surface area contributed by atoms with Crippen LogP contribution in [0.4, 0.5) is 4.79 Å². The van der Waals surface area contributed by atoms with E-state index >= 15 is 0 Å². The van der Waals surface area contributed by atoms with E-state index in [0.717, 1.165) is 0 Å². The average Bonchev–Trinajstić information content (AvgIpc) is 3.04. The minimum atomic E-state index is -0.493. The molecule has 0 spiro atoms. The monoisotopic (exact) mass is 493 g/mol. The smallest absolute Gasteiger partial charge is 0.410 e. The molecule has 1 aromatic rings. The summed E-state index contributed by atoms with van der Waals surface area (Å²) >= 11 is 0. The summed E-state index contributed by atoms with van der Waals surface area (Å²) in [5.41, 5.74) is -0.493. The van der Waals surface area contributed by atoms with Crippen LogP contribution in [0.1, 0.15) is 31.3 Å². The molecule has 0 saturated carbocycles.